The summed E-state index contributed by atoms with van der Waals surface area (Å²) in [5.41, 5.74) is 4.04. The molecule has 10 heteroatoms. The Kier molecular flexibility index (Phi) is 7.58. The van der Waals surface area contributed by atoms with Crippen molar-refractivity contribution in [2.24, 2.45) is 11.1 Å². The van der Waals surface area contributed by atoms with Gasteiger partial charge in [-0.3, -0.25) is 4.79 Å². The predicted molar refractivity (Wildman–Crippen MR) is 106 cm³/mol. The van der Waals surface area contributed by atoms with Crippen molar-refractivity contribution in [3.63, 3.8) is 0 Å². The van der Waals surface area contributed by atoms with E-state index in [0.29, 0.717) is 13.0 Å². The number of sulfonamides is 1. The molecule has 0 saturated heterocycles. The summed E-state index contributed by atoms with van der Waals surface area (Å²) in [5, 5.41) is 2.41. The van der Waals surface area contributed by atoms with Gasteiger partial charge in [-0.1, -0.05) is 27.2 Å². The molecule has 1 aromatic rings. The van der Waals surface area contributed by atoms with Gasteiger partial charge in [0.15, 0.2) is 11.6 Å². The van der Waals surface area contributed by atoms with Crippen LogP contribution in [-0.4, -0.2) is 39.6 Å². The van der Waals surface area contributed by atoms with E-state index in [0.717, 1.165) is 25.0 Å². The molecular formula is C19H29F2N3O4S. The Morgan fingerprint density at radius 2 is 1.93 bits per heavy atom. The molecule has 0 aliphatic heterocycles. The number of carbonyl (C=O) groups is 1. The first-order valence-electron chi connectivity index (χ1n) is 9.64. The molecule has 0 spiro atoms. The number of amides is 1. The third-order valence-corrected chi connectivity index (χ3v) is 6.74. The van der Waals surface area contributed by atoms with Gasteiger partial charge in [0.05, 0.1) is 11.0 Å². The number of nitrogens with one attached hydrogen (secondary N) is 2. The second kappa shape index (κ2) is 9.36. The maximum atomic E-state index is 14.3. The third kappa shape index (κ3) is 5.64. The van der Waals surface area contributed by atoms with Crippen LogP contribution < -0.4 is 15.8 Å². The van der Waals surface area contributed by atoms with Crippen molar-refractivity contribution in [1.29, 1.82) is 0 Å². The molecule has 1 aromatic carbocycles. The maximum Gasteiger partial charge on any atom is 0.241 e. The highest BCUT2D eigenvalue weighted by atomic mass is 32.2. The van der Waals surface area contributed by atoms with Crippen LogP contribution in [0.5, 0.6) is 0 Å². The van der Waals surface area contributed by atoms with Gasteiger partial charge < -0.3 is 15.8 Å². The molecule has 0 bridgehead atoms. The highest BCUT2D eigenvalue weighted by Gasteiger charge is 2.50. The molecule has 0 heterocycles. The second-order valence-electron chi connectivity index (χ2n) is 7.85. The minimum atomic E-state index is -4.12. The molecule has 0 radical (unpaired) electrons. The van der Waals surface area contributed by atoms with Crippen molar-refractivity contribution in [2.45, 2.75) is 63.5 Å². The lowest BCUT2D eigenvalue weighted by atomic mass is 9.65. The van der Waals surface area contributed by atoms with Gasteiger partial charge in [-0.15, -0.1) is 0 Å². The zero-order valence-electron chi connectivity index (χ0n) is 16.9. The summed E-state index contributed by atoms with van der Waals surface area (Å²) >= 11 is 0. The van der Waals surface area contributed by atoms with Crippen LogP contribution in [0.3, 0.4) is 0 Å². The number of rotatable bonds is 11. The molecule has 1 amide bonds. The summed E-state index contributed by atoms with van der Waals surface area (Å²) in [6.45, 7) is 6.40. The molecule has 29 heavy (non-hydrogen) atoms. The SMILES string of the molecule is CCCCOC1CC(NS(=O)(=O)c2cc(F)c(NCCC(N)=O)c(F)c2)C1(C)C. The van der Waals surface area contributed by atoms with Gasteiger partial charge in [-0.2, -0.15) is 0 Å². The van der Waals surface area contributed by atoms with E-state index in [1.165, 1.54) is 0 Å². The number of primary amides is 1. The number of unbranched alkanes of at least 4 members (excludes halogenated alkanes) is 1. The molecule has 1 saturated carbocycles. The summed E-state index contributed by atoms with van der Waals surface area (Å²) < 4.78 is 62.1. The number of nitrogens with two attached hydrogens (primary N) is 1. The number of ether oxygens (including phenoxy) is 1. The zero-order valence-corrected chi connectivity index (χ0v) is 17.7. The number of hydrogen-bond acceptors (Lipinski definition) is 5. The standard InChI is InChI=1S/C19H29F2N3O4S/c1-4-5-8-28-16-11-15(19(16,2)3)24-29(26,27)12-9-13(20)18(14(21)10-12)23-7-6-17(22)25/h9-10,15-16,23-24H,4-8,11H2,1-3H3,(H2,22,25). The van der Waals surface area contributed by atoms with Gasteiger partial charge in [-0.05, 0) is 25.0 Å². The van der Waals surface area contributed by atoms with Crippen molar-refractivity contribution in [1.82, 2.24) is 4.72 Å². The third-order valence-electron chi connectivity index (χ3n) is 5.29. The fraction of sp³-hybridized carbons (Fsp3) is 0.632. The van der Waals surface area contributed by atoms with E-state index in [-0.39, 0.29) is 19.1 Å². The Morgan fingerprint density at radius 1 is 1.31 bits per heavy atom. The Hall–Kier alpha value is -1.78. The van der Waals surface area contributed by atoms with Gasteiger partial charge in [0.1, 0.15) is 5.69 Å². The largest absolute Gasteiger partial charge is 0.380 e. The average Bonchev–Trinajstić information content (AvgIpc) is 2.62. The molecule has 1 aliphatic rings. The number of halogens is 2. The summed E-state index contributed by atoms with van der Waals surface area (Å²) in [6, 6.07) is 1.09. The quantitative estimate of drug-likeness (QED) is 0.465. The molecule has 1 fully saturated rings. The average molecular weight is 434 g/mol. The lowest BCUT2D eigenvalue weighted by Crippen LogP contribution is -2.62. The number of benzene rings is 1. The van der Waals surface area contributed by atoms with Crippen LogP contribution in [0.1, 0.15) is 46.5 Å². The Morgan fingerprint density at radius 3 is 2.45 bits per heavy atom. The molecule has 2 rings (SSSR count). The van der Waals surface area contributed by atoms with E-state index in [9.17, 15) is 22.0 Å². The fourth-order valence-corrected chi connectivity index (χ4v) is 4.61. The van der Waals surface area contributed by atoms with Crippen LogP contribution in [0.15, 0.2) is 17.0 Å². The monoisotopic (exact) mass is 433 g/mol. The first-order chi connectivity index (χ1) is 13.5. The summed E-state index contributed by atoms with van der Waals surface area (Å²) in [5.74, 6) is -2.76. The normalized spacial score (nSPS) is 20.9. The van der Waals surface area contributed by atoms with Crippen LogP contribution in [0.4, 0.5) is 14.5 Å². The molecule has 164 valence electrons. The van der Waals surface area contributed by atoms with E-state index in [4.69, 9.17) is 10.5 Å². The van der Waals surface area contributed by atoms with Crippen molar-refractivity contribution >= 4 is 21.6 Å². The predicted octanol–water partition coefficient (Wildman–Crippen LogP) is 2.51. The minimum Gasteiger partial charge on any atom is -0.380 e. The van der Waals surface area contributed by atoms with E-state index < -0.39 is 49.6 Å². The Labute approximate surface area is 170 Å². The fourth-order valence-electron chi connectivity index (χ4n) is 3.18. The smallest absolute Gasteiger partial charge is 0.241 e. The number of anilines is 1. The summed E-state index contributed by atoms with van der Waals surface area (Å²) in [7, 11) is -4.12. The molecule has 2 atom stereocenters. The first kappa shape index (κ1) is 23.5. The topological polar surface area (TPSA) is 111 Å². The lowest BCUT2D eigenvalue weighted by Gasteiger charge is -2.51. The van der Waals surface area contributed by atoms with Crippen molar-refractivity contribution in [3.8, 4) is 0 Å². The number of carbonyl (C=O) groups excluding carboxylic acids is 1. The minimum absolute atomic E-state index is 0.0663. The van der Waals surface area contributed by atoms with Crippen LogP contribution in [0.2, 0.25) is 0 Å². The lowest BCUT2D eigenvalue weighted by molar-refractivity contribution is -0.117. The summed E-state index contributed by atoms with van der Waals surface area (Å²) in [4.78, 5) is 10.2. The van der Waals surface area contributed by atoms with Crippen LogP contribution in [0.25, 0.3) is 0 Å². The van der Waals surface area contributed by atoms with E-state index in [2.05, 4.69) is 17.0 Å². The van der Waals surface area contributed by atoms with Gasteiger partial charge in [0, 0.05) is 31.0 Å². The highest BCUT2D eigenvalue weighted by molar-refractivity contribution is 7.89. The molecule has 1 aliphatic carbocycles. The molecule has 7 nitrogen and oxygen atoms in total. The van der Waals surface area contributed by atoms with E-state index in [1.807, 2.05) is 13.8 Å². The van der Waals surface area contributed by atoms with Gasteiger partial charge >= 0.3 is 0 Å². The Bertz CT molecular complexity index is 823. The number of hydrogen-bond donors (Lipinski definition) is 3. The highest BCUT2D eigenvalue weighted by Crippen LogP contribution is 2.43. The van der Waals surface area contributed by atoms with Crippen molar-refractivity contribution in [3.05, 3.63) is 23.8 Å². The van der Waals surface area contributed by atoms with E-state index in [1.54, 1.807) is 0 Å². The molecule has 2 unspecified atom stereocenters. The van der Waals surface area contributed by atoms with Gasteiger partial charge in [0.2, 0.25) is 15.9 Å². The molecular weight excluding hydrogens is 404 g/mol. The molecule has 4 N–H and O–H groups in total. The van der Waals surface area contributed by atoms with Crippen LogP contribution in [-0.2, 0) is 19.6 Å². The Balaban J connectivity index is 2.07. The van der Waals surface area contributed by atoms with Gasteiger partial charge in [0.25, 0.3) is 0 Å². The first-order valence-corrected chi connectivity index (χ1v) is 11.1. The van der Waals surface area contributed by atoms with Gasteiger partial charge in [-0.25, -0.2) is 21.9 Å². The molecule has 0 aromatic heterocycles. The maximum absolute atomic E-state index is 14.3. The zero-order chi connectivity index (χ0) is 21.8. The van der Waals surface area contributed by atoms with Crippen molar-refractivity contribution in [2.75, 3.05) is 18.5 Å². The second-order valence-corrected chi connectivity index (χ2v) is 9.56. The van der Waals surface area contributed by atoms with Crippen molar-refractivity contribution < 1.29 is 26.7 Å². The summed E-state index contributed by atoms with van der Waals surface area (Å²) in [6.07, 6.45) is 2.24. The van der Waals surface area contributed by atoms with E-state index >= 15 is 0 Å². The van der Waals surface area contributed by atoms with Crippen LogP contribution >= 0.6 is 0 Å². The van der Waals surface area contributed by atoms with Crippen LogP contribution in [0, 0.1) is 17.0 Å².